The third kappa shape index (κ3) is 3.74. The van der Waals surface area contributed by atoms with Crippen LogP contribution in [-0.2, 0) is 14.6 Å². The number of hydrogen-bond acceptors (Lipinski definition) is 5. The maximum atomic E-state index is 12.3. The number of sulfone groups is 1. The quantitative estimate of drug-likeness (QED) is 0.871. The van der Waals surface area contributed by atoms with Crippen molar-refractivity contribution in [2.75, 3.05) is 31.3 Å². The second-order valence-electron chi connectivity index (χ2n) is 6.44. The van der Waals surface area contributed by atoms with Gasteiger partial charge in [-0.25, -0.2) is 8.42 Å². The highest BCUT2D eigenvalue weighted by Gasteiger charge is 2.31. The van der Waals surface area contributed by atoms with Crippen LogP contribution in [-0.4, -0.2) is 55.4 Å². The van der Waals surface area contributed by atoms with Crippen molar-refractivity contribution in [3.05, 3.63) is 17.5 Å². The van der Waals surface area contributed by atoms with E-state index in [1.54, 1.807) is 4.68 Å². The van der Waals surface area contributed by atoms with Gasteiger partial charge in [-0.1, -0.05) is 0 Å². The van der Waals surface area contributed by atoms with Crippen LogP contribution in [0.25, 0.3) is 0 Å². The van der Waals surface area contributed by atoms with E-state index in [0.717, 1.165) is 25.1 Å². The van der Waals surface area contributed by atoms with Crippen LogP contribution in [0.5, 0.6) is 0 Å². The summed E-state index contributed by atoms with van der Waals surface area (Å²) in [4.78, 5) is 12.3. The minimum atomic E-state index is -2.97. The van der Waals surface area contributed by atoms with Crippen LogP contribution in [0.1, 0.15) is 41.4 Å². The zero-order chi connectivity index (χ0) is 16.4. The number of ether oxygens (including phenoxy) is 1. The van der Waals surface area contributed by atoms with Crippen LogP contribution in [0.3, 0.4) is 0 Å². The summed E-state index contributed by atoms with van der Waals surface area (Å²) >= 11 is 0. The highest BCUT2D eigenvalue weighted by Crippen LogP contribution is 2.25. The highest BCUT2D eigenvalue weighted by atomic mass is 32.2. The lowest BCUT2D eigenvalue weighted by Gasteiger charge is -2.22. The summed E-state index contributed by atoms with van der Waals surface area (Å²) in [6, 6.07) is -0.159. The normalized spacial score (nSPS) is 27.0. The summed E-state index contributed by atoms with van der Waals surface area (Å²) in [7, 11) is -2.97. The highest BCUT2D eigenvalue weighted by molar-refractivity contribution is 7.91. The molecule has 7 nitrogen and oxygen atoms in total. The number of nitrogens with zero attached hydrogens (tertiary/aromatic N) is 2. The molecule has 0 bridgehead atoms. The standard InChI is InChI=1S/C15H23N3O4S/c1-11-14(15(19)16-7-12-3-2-5-22-9-12)8-17-18(11)13-4-6-23(20,21)10-13/h8,12-13H,2-7,9-10H2,1H3,(H,16,19). The monoisotopic (exact) mass is 341 g/mol. The smallest absolute Gasteiger partial charge is 0.254 e. The average Bonchev–Trinajstić information content (AvgIpc) is 3.08. The van der Waals surface area contributed by atoms with E-state index in [2.05, 4.69) is 10.4 Å². The van der Waals surface area contributed by atoms with E-state index in [-0.39, 0.29) is 23.5 Å². The Morgan fingerprint density at radius 1 is 1.48 bits per heavy atom. The third-order valence-corrected chi connectivity index (χ3v) is 6.40. The van der Waals surface area contributed by atoms with Crippen LogP contribution in [0.4, 0.5) is 0 Å². The lowest BCUT2D eigenvalue weighted by atomic mass is 10.0. The van der Waals surface area contributed by atoms with Crippen LogP contribution in [0.15, 0.2) is 6.20 Å². The van der Waals surface area contributed by atoms with E-state index < -0.39 is 9.84 Å². The molecule has 1 amide bonds. The maximum Gasteiger partial charge on any atom is 0.254 e. The molecule has 3 rings (SSSR count). The number of rotatable bonds is 4. The van der Waals surface area contributed by atoms with E-state index in [0.29, 0.717) is 31.1 Å². The summed E-state index contributed by atoms with van der Waals surface area (Å²) < 4.78 is 30.3. The lowest BCUT2D eigenvalue weighted by molar-refractivity contribution is 0.0536. The zero-order valence-electron chi connectivity index (χ0n) is 13.3. The Morgan fingerprint density at radius 2 is 2.30 bits per heavy atom. The van der Waals surface area contributed by atoms with Crippen molar-refractivity contribution in [1.29, 1.82) is 0 Å². The van der Waals surface area contributed by atoms with Gasteiger partial charge >= 0.3 is 0 Å². The molecule has 2 unspecified atom stereocenters. The summed E-state index contributed by atoms with van der Waals surface area (Å²) in [5.74, 6) is 0.513. The third-order valence-electron chi connectivity index (χ3n) is 4.65. The predicted molar refractivity (Wildman–Crippen MR) is 85.1 cm³/mol. The Bertz CT molecular complexity index is 677. The number of carbonyl (C=O) groups is 1. The predicted octanol–water partition coefficient (Wildman–Crippen LogP) is 0.708. The van der Waals surface area contributed by atoms with Gasteiger partial charge in [-0.2, -0.15) is 5.10 Å². The molecular weight excluding hydrogens is 318 g/mol. The van der Waals surface area contributed by atoms with Gasteiger partial charge in [0.1, 0.15) is 0 Å². The Morgan fingerprint density at radius 3 is 2.96 bits per heavy atom. The molecule has 0 radical (unpaired) electrons. The van der Waals surface area contributed by atoms with Gasteiger partial charge in [0.25, 0.3) is 5.91 Å². The average molecular weight is 341 g/mol. The van der Waals surface area contributed by atoms with Crippen LogP contribution in [0, 0.1) is 12.8 Å². The van der Waals surface area contributed by atoms with Gasteiger partial charge in [0.15, 0.2) is 9.84 Å². The fraction of sp³-hybridized carbons (Fsp3) is 0.733. The van der Waals surface area contributed by atoms with Crippen molar-refractivity contribution in [2.45, 2.75) is 32.2 Å². The number of carbonyl (C=O) groups excluding carboxylic acids is 1. The lowest BCUT2D eigenvalue weighted by Crippen LogP contribution is -2.33. The van der Waals surface area contributed by atoms with E-state index in [1.165, 1.54) is 6.20 Å². The number of hydrogen-bond donors (Lipinski definition) is 1. The molecule has 1 aromatic heterocycles. The molecule has 2 atom stereocenters. The van der Waals surface area contributed by atoms with Crippen molar-refractivity contribution in [2.24, 2.45) is 5.92 Å². The largest absolute Gasteiger partial charge is 0.381 e. The van der Waals surface area contributed by atoms with Gasteiger partial charge in [-0.15, -0.1) is 0 Å². The van der Waals surface area contributed by atoms with Gasteiger partial charge in [0.05, 0.1) is 35.9 Å². The molecule has 2 saturated heterocycles. The van der Waals surface area contributed by atoms with E-state index in [9.17, 15) is 13.2 Å². The van der Waals surface area contributed by atoms with E-state index in [1.807, 2.05) is 6.92 Å². The fourth-order valence-electron chi connectivity index (χ4n) is 3.28. The van der Waals surface area contributed by atoms with Gasteiger partial charge < -0.3 is 10.1 Å². The number of amides is 1. The van der Waals surface area contributed by atoms with Crippen molar-refractivity contribution < 1.29 is 17.9 Å². The molecule has 2 aliphatic heterocycles. The molecule has 2 fully saturated rings. The second-order valence-corrected chi connectivity index (χ2v) is 8.67. The van der Waals surface area contributed by atoms with E-state index >= 15 is 0 Å². The number of aromatic nitrogens is 2. The van der Waals surface area contributed by atoms with Gasteiger partial charge in [-0.3, -0.25) is 9.48 Å². The molecule has 0 saturated carbocycles. The number of nitrogens with one attached hydrogen (secondary N) is 1. The van der Waals surface area contributed by atoms with E-state index in [4.69, 9.17) is 4.74 Å². The van der Waals surface area contributed by atoms with Crippen LogP contribution in [0.2, 0.25) is 0 Å². The first-order valence-electron chi connectivity index (χ1n) is 8.07. The topological polar surface area (TPSA) is 90.3 Å². The molecule has 0 spiro atoms. The van der Waals surface area contributed by atoms with Crippen molar-refractivity contribution in [1.82, 2.24) is 15.1 Å². The molecule has 0 aromatic carbocycles. The second kappa shape index (κ2) is 6.60. The van der Waals surface area contributed by atoms with Gasteiger partial charge in [0, 0.05) is 18.8 Å². The molecular formula is C15H23N3O4S. The SMILES string of the molecule is Cc1c(C(=O)NCC2CCCOC2)cnn1C1CCS(=O)(=O)C1. The Hall–Kier alpha value is -1.41. The van der Waals surface area contributed by atoms with Crippen molar-refractivity contribution >= 4 is 15.7 Å². The van der Waals surface area contributed by atoms with Crippen molar-refractivity contribution in [3.63, 3.8) is 0 Å². The first-order chi connectivity index (χ1) is 11.0. The summed E-state index contributed by atoms with van der Waals surface area (Å²) in [5, 5.41) is 7.18. The minimum Gasteiger partial charge on any atom is -0.381 e. The minimum absolute atomic E-state index is 0.107. The molecule has 0 aliphatic carbocycles. The fourth-order valence-corrected chi connectivity index (χ4v) is 4.98. The summed E-state index contributed by atoms with van der Waals surface area (Å²) in [5.41, 5.74) is 1.25. The first kappa shape index (κ1) is 16.4. The Kier molecular flexibility index (Phi) is 4.72. The van der Waals surface area contributed by atoms with Crippen LogP contribution < -0.4 is 5.32 Å². The summed E-state index contributed by atoms with van der Waals surface area (Å²) in [6.07, 6.45) is 4.20. The molecule has 128 valence electrons. The first-order valence-corrected chi connectivity index (χ1v) is 9.89. The van der Waals surface area contributed by atoms with Gasteiger partial charge in [0.2, 0.25) is 0 Å². The molecule has 2 aliphatic rings. The van der Waals surface area contributed by atoms with Crippen molar-refractivity contribution in [3.8, 4) is 0 Å². The molecule has 23 heavy (non-hydrogen) atoms. The summed E-state index contributed by atoms with van der Waals surface area (Å²) in [6.45, 7) is 3.91. The zero-order valence-corrected chi connectivity index (χ0v) is 14.1. The van der Waals surface area contributed by atoms with Gasteiger partial charge in [-0.05, 0) is 32.1 Å². The molecule has 1 aromatic rings. The Labute approximate surface area is 136 Å². The molecule has 1 N–H and O–H groups in total. The molecule has 3 heterocycles. The van der Waals surface area contributed by atoms with Crippen LogP contribution >= 0.6 is 0 Å². The Balaban J connectivity index is 1.63. The molecule has 8 heteroatoms. The maximum absolute atomic E-state index is 12.3.